The number of rotatable bonds is 5. The summed E-state index contributed by atoms with van der Waals surface area (Å²) in [5, 5.41) is 2.74. The van der Waals surface area contributed by atoms with Gasteiger partial charge in [-0.15, -0.1) is 0 Å². The van der Waals surface area contributed by atoms with Gasteiger partial charge in [0.05, 0.1) is 12.0 Å². The van der Waals surface area contributed by atoms with Crippen molar-refractivity contribution in [1.29, 1.82) is 0 Å². The SMILES string of the molecule is O=C(C=Cc1ccccc1)NCc1ccc(-n2ccnc2)c(F)c1. The van der Waals surface area contributed by atoms with Gasteiger partial charge in [-0.2, -0.15) is 0 Å². The molecular formula is C19H16FN3O. The number of carbonyl (C=O) groups is 1. The van der Waals surface area contributed by atoms with Crippen molar-refractivity contribution in [3.05, 3.63) is 90.3 Å². The second-order valence-electron chi connectivity index (χ2n) is 5.22. The van der Waals surface area contributed by atoms with Crippen molar-refractivity contribution < 1.29 is 9.18 Å². The number of halogens is 1. The molecule has 1 heterocycles. The summed E-state index contributed by atoms with van der Waals surface area (Å²) in [7, 11) is 0. The van der Waals surface area contributed by atoms with Crippen molar-refractivity contribution >= 4 is 12.0 Å². The lowest BCUT2D eigenvalue weighted by Gasteiger charge is -2.07. The van der Waals surface area contributed by atoms with Crippen LogP contribution >= 0.6 is 0 Å². The van der Waals surface area contributed by atoms with E-state index in [2.05, 4.69) is 10.3 Å². The first-order chi connectivity index (χ1) is 11.7. The van der Waals surface area contributed by atoms with Crippen molar-refractivity contribution in [2.75, 3.05) is 0 Å². The number of benzene rings is 2. The second-order valence-corrected chi connectivity index (χ2v) is 5.22. The van der Waals surface area contributed by atoms with Crippen LogP contribution in [0.1, 0.15) is 11.1 Å². The van der Waals surface area contributed by atoms with Gasteiger partial charge in [0.1, 0.15) is 5.82 Å². The lowest BCUT2D eigenvalue weighted by atomic mass is 10.2. The highest BCUT2D eigenvalue weighted by atomic mass is 19.1. The van der Waals surface area contributed by atoms with Crippen LogP contribution < -0.4 is 5.32 Å². The third-order valence-electron chi connectivity index (χ3n) is 3.49. The van der Waals surface area contributed by atoms with Gasteiger partial charge in [-0.3, -0.25) is 4.79 Å². The van der Waals surface area contributed by atoms with Gasteiger partial charge in [0.15, 0.2) is 0 Å². The summed E-state index contributed by atoms with van der Waals surface area (Å²) in [6.07, 6.45) is 8.00. The topological polar surface area (TPSA) is 46.9 Å². The predicted molar refractivity (Wildman–Crippen MR) is 90.8 cm³/mol. The van der Waals surface area contributed by atoms with Crippen molar-refractivity contribution in [1.82, 2.24) is 14.9 Å². The van der Waals surface area contributed by atoms with Crippen LogP contribution in [-0.2, 0) is 11.3 Å². The molecule has 0 saturated heterocycles. The van der Waals surface area contributed by atoms with Gasteiger partial charge in [0.25, 0.3) is 0 Å². The van der Waals surface area contributed by atoms with Crippen LogP contribution in [0.25, 0.3) is 11.8 Å². The molecule has 24 heavy (non-hydrogen) atoms. The largest absolute Gasteiger partial charge is 0.348 e. The van der Waals surface area contributed by atoms with Gasteiger partial charge in [0.2, 0.25) is 5.91 Å². The third-order valence-corrected chi connectivity index (χ3v) is 3.49. The van der Waals surface area contributed by atoms with E-state index < -0.39 is 0 Å². The van der Waals surface area contributed by atoms with Crippen molar-refractivity contribution in [2.24, 2.45) is 0 Å². The molecule has 120 valence electrons. The van der Waals surface area contributed by atoms with E-state index in [1.165, 1.54) is 18.5 Å². The standard InChI is InChI=1S/C19H16FN3O/c20-17-12-16(6-8-18(17)23-11-10-21-14-23)13-22-19(24)9-7-15-4-2-1-3-5-15/h1-12,14H,13H2,(H,22,24). The fourth-order valence-corrected chi connectivity index (χ4v) is 2.26. The molecule has 0 fully saturated rings. The first-order valence-corrected chi connectivity index (χ1v) is 7.50. The molecule has 3 aromatic rings. The van der Waals surface area contributed by atoms with E-state index in [1.54, 1.807) is 35.2 Å². The van der Waals surface area contributed by atoms with E-state index in [0.717, 1.165) is 5.56 Å². The number of hydrogen-bond donors (Lipinski definition) is 1. The lowest BCUT2D eigenvalue weighted by molar-refractivity contribution is -0.116. The maximum atomic E-state index is 14.1. The third kappa shape index (κ3) is 3.95. The van der Waals surface area contributed by atoms with Crippen LogP contribution in [0.15, 0.2) is 73.3 Å². The molecule has 3 rings (SSSR count). The Balaban J connectivity index is 1.59. The Morgan fingerprint density at radius 2 is 2.04 bits per heavy atom. The average molecular weight is 321 g/mol. The molecule has 1 aromatic heterocycles. The zero-order valence-corrected chi connectivity index (χ0v) is 12.9. The highest BCUT2D eigenvalue weighted by Crippen LogP contribution is 2.14. The fraction of sp³-hybridized carbons (Fsp3) is 0.0526. The minimum absolute atomic E-state index is 0.224. The van der Waals surface area contributed by atoms with Gasteiger partial charge in [-0.1, -0.05) is 36.4 Å². The molecule has 0 aliphatic rings. The molecule has 0 aliphatic carbocycles. The Morgan fingerprint density at radius 1 is 1.21 bits per heavy atom. The van der Waals surface area contributed by atoms with E-state index in [0.29, 0.717) is 11.3 Å². The number of nitrogens with zero attached hydrogens (tertiary/aromatic N) is 2. The monoisotopic (exact) mass is 321 g/mol. The summed E-state index contributed by atoms with van der Waals surface area (Å²) in [6, 6.07) is 14.4. The van der Waals surface area contributed by atoms with Crippen LogP contribution in [0.2, 0.25) is 0 Å². The molecule has 0 unspecified atom stereocenters. The molecule has 1 amide bonds. The zero-order chi connectivity index (χ0) is 16.8. The first-order valence-electron chi connectivity index (χ1n) is 7.50. The maximum absolute atomic E-state index is 14.1. The van der Waals surface area contributed by atoms with Crippen LogP contribution in [-0.4, -0.2) is 15.5 Å². The summed E-state index contributed by atoms with van der Waals surface area (Å²) in [5.41, 5.74) is 2.06. The number of aromatic nitrogens is 2. The van der Waals surface area contributed by atoms with Crippen LogP contribution in [0.4, 0.5) is 4.39 Å². The lowest BCUT2D eigenvalue weighted by Crippen LogP contribution is -2.20. The second kappa shape index (κ2) is 7.37. The van der Waals surface area contributed by atoms with Crippen molar-refractivity contribution in [3.8, 4) is 5.69 Å². The van der Waals surface area contributed by atoms with Gasteiger partial charge in [-0.05, 0) is 29.3 Å². The summed E-state index contributed by atoms with van der Waals surface area (Å²) in [6.45, 7) is 0.263. The van der Waals surface area contributed by atoms with E-state index in [9.17, 15) is 9.18 Å². The van der Waals surface area contributed by atoms with Crippen molar-refractivity contribution in [2.45, 2.75) is 6.54 Å². The van der Waals surface area contributed by atoms with E-state index >= 15 is 0 Å². The average Bonchev–Trinajstić information content (AvgIpc) is 3.13. The molecule has 0 bridgehead atoms. The number of nitrogens with one attached hydrogen (secondary N) is 1. The first kappa shape index (κ1) is 15.7. The Bertz CT molecular complexity index is 842. The number of amides is 1. The Hall–Kier alpha value is -3.21. The highest BCUT2D eigenvalue weighted by molar-refractivity contribution is 5.91. The Labute approximate surface area is 139 Å². The molecular weight excluding hydrogens is 305 g/mol. The number of imidazole rings is 1. The molecule has 0 aliphatic heterocycles. The van der Waals surface area contributed by atoms with E-state index in [-0.39, 0.29) is 18.3 Å². The summed E-state index contributed by atoms with van der Waals surface area (Å²) >= 11 is 0. The normalized spacial score (nSPS) is 10.9. The molecule has 0 saturated carbocycles. The fourth-order valence-electron chi connectivity index (χ4n) is 2.26. The molecule has 5 heteroatoms. The number of carbonyl (C=O) groups excluding carboxylic acids is 1. The maximum Gasteiger partial charge on any atom is 0.244 e. The molecule has 0 spiro atoms. The van der Waals surface area contributed by atoms with Crippen LogP contribution in [0.5, 0.6) is 0 Å². The highest BCUT2D eigenvalue weighted by Gasteiger charge is 2.06. The minimum Gasteiger partial charge on any atom is -0.348 e. The summed E-state index contributed by atoms with van der Waals surface area (Å²) in [4.78, 5) is 15.7. The Kier molecular flexibility index (Phi) is 4.81. The van der Waals surface area contributed by atoms with Gasteiger partial charge in [-0.25, -0.2) is 9.37 Å². The zero-order valence-electron chi connectivity index (χ0n) is 12.9. The molecule has 1 N–H and O–H groups in total. The van der Waals surface area contributed by atoms with E-state index in [1.807, 2.05) is 30.3 Å². The van der Waals surface area contributed by atoms with Crippen molar-refractivity contribution in [3.63, 3.8) is 0 Å². The smallest absolute Gasteiger partial charge is 0.244 e. The molecule has 0 atom stereocenters. The Morgan fingerprint density at radius 3 is 2.75 bits per heavy atom. The quantitative estimate of drug-likeness (QED) is 0.733. The van der Waals surface area contributed by atoms with E-state index in [4.69, 9.17) is 0 Å². The van der Waals surface area contributed by atoms with Crippen LogP contribution in [0.3, 0.4) is 0 Å². The molecule has 4 nitrogen and oxygen atoms in total. The van der Waals surface area contributed by atoms with Gasteiger partial charge >= 0.3 is 0 Å². The minimum atomic E-state index is -0.362. The van der Waals surface area contributed by atoms with Gasteiger partial charge in [0, 0.05) is 25.0 Å². The molecule has 2 aromatic carbocycles. The van der Waals surface area contributed by atoms with Crippen LogP contribution in [0, 0.1) is 5.82 Å². The van der Waals surface area contributed by atoms with Gasteiger partial charge < -0.3 is 9.88 Å². The predicted octanol–water partition coefficient (Wildman–Crippen LogP) is 3.34. The summed E-state index contributed by atoms with van der Waals surface area (Å²) < 4.78 is 15.7. The summed E-state index contributed by atoms with van der Waals surface area (Å²) in [5.74, 6) is -0.586. The number of hydrogen-bond acceptors (Lipinski definition) is 2. The molecule has 0 radical (unpaired) electrons.